The monoisotopic (exact) mass is 331 g/mol. The van der Waals surface area contributed by atoms with Gasteiger partial charge in [0.25, 0.3) is 5.91 Å². The maximum absolute atomic E-state index is 12.2. The molecule has 23 heavy (non-hydrogen) atoms. The fourth-order valence-corrected chi connectivity index (χ4v) is 2.31. The summed E-state index contributed by atoms with van der Waals surface area (Å²) in [4.78, 5) is 12.2. The maximum atomic E-state index is 12.2. The molecule has 0 spiro atoms. The molecule has 2 heterocycles. The molecule has 1 N–H and O–H groups in total. The molecule has 0 saturated heterocycles. The van der Waals surface area contributed by atoms with Gasteiger partial charge in [0, 0.05) is 12.5 Å². The Kier molecular flexibility index (Phi) is 4.16. The van der Waals surface area contributed by atoms with Crippen LogP contribution < -0.4 is 5.32 Å². The highest BCUT2D eigenvalue weighted by Gasteiger charge is 2.19. The molecule has 0 aliphatic rings. The second-order valence-corrected chi connectivity index (χ2v) is 5.41. The minimum atomic E-state index is -0.419. The van der Waals surface area contributed by atoms with E-state index >= 15 is 0 Å². The van der Waals surface area contributed by atoms with E-state index in [4.69, 9.17) is 20.4 Å². The van der Waals surface area contributed by atoms with Gasteiger partial charge in [0.2, 0.25) is 11.8 Å². The van der Waals surface area contributed by atoms with Gasteiger partial charge in [0.05, 0.1) is 5.02 Å². The third-order valence-electron chi connectivity index (χ3n) is 3.23. The summed E-state index contributed by atoms with van der Waals surface area (Å²) in [6.45, 7) is 3.44. The lowest BCUT2D eigenvalue weighted by Crippen LogP contribution is -2.26. The normalized spacial score (nSPS) is 12.1. The molecule has 0 radical (unpaired) electrons. The van der Waals surface area contributed by atoms with E-state index in [0.717, 1.165) is 5.56 Å². The van der Waals surface area contributed by atoms with Crippen LogP contribution >= 0.6 is 11.6 Å². The van der Waals surface area contributed by atoms with Gasteiger partial charge < -0.3 is 14.2 Å². The Morgan fingerprint density at radius 3 is 2.65 bits per heavy atom. The van der Waals surface area contributed by atoms with E-state index in [0.29, 0.717) is 22.6 Å². The van der Waals surface area contributed by atoms with E-state index < -0.39 is 6.04 Å². The number of aryl methyl sites for hydroxylation is 1. The van der Waals surface area contributed by atoms with Crippen molar-refractivity contribution in [2.24, 2.45) is 0 Å². The van der Waals surface area contributed by atoms with E-state index in [1.165, 1.54) is 0 Å². The first-order valence-electron chi connectivity index (χ1n) is 7.00. The lowest BCUT2D eigenvalue weighted by atomic mass is 10.2. The van der Waals surface area contributed by atoms with Gasteiger partial charge in [-0.05, 0) is 31.2 Å². The molecule has 0 aliphatic carbocycles. The molecule has 0 unspecified atom stereocenters. The smallest absolute Gasteiger partial charge is 0.287 e. The summed E-state index contributed by atoms with van der Waals surface area (Å²) in [5.41, 5.74) is 0.730. The highest BCUT2D eigenvalue weighted by molar-refractivity contribution is 6.33. The second-order valence-electron chi connectivity index (χ2n) is 5.00. The minimum Gasteiger partial charge on any atom is -0.451 e. The Balaban J connectivity index is 1.75. The van der Waals surface area contributed by atoms with Crippen molar-refractivity contribution >= 4 is 17.5 Å². The molecule has 0 fully saturated rings. The molecule has 0 bridgehead atoms. The van der Waals surface area contributed by atoms with Crippen LogP contribution in [0.5, 0.6) is 0 Å². The molecular formula is C16H14ClN3O3. The summed E-state index contributed by atoms with van der Waals surface area (Å²) < 4.78 is 10.9. The molecule has 1 amide bonds. The first-order chi connectivity index (χ1) is 11.0. The summed E-state index contributed by atoms with van der Waals surface area (Å²) in [6.07, 6.45) is 0. The number of nitrogens with one attached hydrogen (secondary N) is 1. The number of amides is 1. The standard InChI is InChI=1S/C16H14ClN3O3/c1-9(16-20-19-10(2)22-16)18-15(21)14-8-7-13(23-14)11-5-3-4-6-12(11)17/h3-9H,1-2H3,(H,18,21)/t9-/m0/s1. The van der Waals surface area contributed by atoms with E-state index in [-0.39, 0.29) is 11.7 Å². The largest absolute Gasteiger partial charge is 0.451 e. The zero-order valence-electron chi connectivity index (χ0n) is 12.5. The number of carbonyl (C=O) groups is 1. The van der Waals surface area contributed by atoms with Crippen molar-refractivity contribution in [2.75, 3.05) is 0 Å². The van der Waals surface area contributed by atoms with Gasteiger partial charge >= 0.3 is 0 Å². The third-order valence-corrected chi connectivity index (χ3v) is 3.56. The van der Waals surface area contributed by atoms with E-state index in [1.54, 1.807) is 32.0 Å². The molecule has 3 aromatic rings. The number of aromatic nitrogens is 2. The molecular weight excluding hydrogens is 318 g/mol. The highest BCUT2D eigenvalue weighted by atomic mass is 35.5. The first-order valence-corrected chi connectivity index (χ1v) is 7.38. The SMILES string of the molecule is Cc1nnc([C@H](C)NC(=O)c2ccc(-c3ccccc3Cl)o2)o1. The average molecular weight is 332 g/mol. The van der Waals surface area contributed by atoms with Gasteiger partial charge in [0.1, 0.15) is 11.8 Å². The number of hydrogen-bond acceptors (Lipinski definition) is 5. The van der Waals surface area contributed by atoms with Crippen LogP contribution in [0.2, 0.25) is 5.02 Å². The number of hydrogen-bond donors (Lipinski definition) is 1. The summed E-state index contributed by atoms with van der Waals surface area (Å²) in [7, 11) is 0. The van der Waals surface area contributed by atoms with Gasteiger partial charge in [-0.25, -0.2) is 0 Å². The lowest BCUT2D eigenvalue weighted by molar-refractivity contribution is 0.0906. The van der Waals surface area contributed by atoms with Gasteiger partial charge in [0.15, 0.2) is 5.76 Å². The summed E-state index contributed by atoms with van der Waals surface area (Å²) >= 11 is 6.13. The molecule has 7 heteroatoms. The zero-order valence-corrected chi connectivity index (χ0v) is 13.3. The number of nitrogens with zero attached hydrogens (tertiary/aromatic N) is 2. The molecule has 2 aromatic heterocycles. The van der Waals surface area contributed by atoms with Crippen LogP contribution in [0.4, 0.5) is 0 Å². The van der Waals surface area contributed by atoms with Crippen molar-refractivity contribution in [3.8, 4) is 11.3 Å². The predicted molar refractivity (Wildman–Crippen MR) is 84.1 cm³/mol. The van der Waals surface area contributed by atoms with Crippen LogP contribution in [-0.2, 0) is 0 Å². The Bertz CT molecular complexity index is 840. The van der Waals surface area contributed by atoms with Crippen LogP contribution in [0, 0.1) is 6.92 Å². The lowest BCUT2D eigenvalue weighted by Gasteiger charge is -2.08. The van der Waals surface area contributed by atoms with E-state index in [1.807, 2.05) is 18.2 Å². The van der Waals surface area contributed by atoms with Crippen LogP contribution in [-0.4, -0.2) is 16.1 Å². The molecule has 0 aliphatic heterocycles. The Morgan fingerprint density at radius 1 is 1.17 bits per heavy atom. The van der Waals surface area contributed by atoms with Crippen LogP contribution in [0.15, 0.2) is 45.2 Å². The van der Waals surface area contributed by atoms with Crippen molar-refractivity contribution in [1.29, 1.82) is 0 Å². The summed E-state index contributed by atoms with van der Waals surface area (Å²) in [6, 6.07) is 10.2. The zero-order chi connectivity index (χ0) is 16.4. The number of rotatable bonds is 4. The number of furan rings is 1. The van der Waals surface area contributed by atoms with Crippen LogP contribution in [0.3, 0.4) is 0 Å². The fraction of sp³-hybridized carbons (Fsp3) is 0.188. The van der Waals surface area contributed by atoms with Crippen molar-refractivity contribution < 1.29 is 13.6 Å². The Hall–Kier alpha value is -2.60. The Morgan fingerprint density at radius 2 is 1.96 bits per heavy atom. The predicted octanol–water partition coefficient (Wildman–Crippen LogP) is 3.78. The van der Waals surface area contributed by atoms with Gasteiger partial charge in [-0.1, -0.05) is 23.7 Å². The van der Waals surface area contributed by atoms with Crippen molar-refractivity contribution in [1.82, 2.24) is 15.5 Å². The van der Waals surface area contributed by atoms with Crippen LogP contribution in [0.25, 0.3) is 11.3 Å². The quantitative estimate of drug-likeness (QED) is 0.786. The summed E-state index contributed by atoms with van der Waals surface area (Å²) in [5.74, 6) is 1.13. The highest BCUT2D eigenvalue weighted by Crippen LogP contribution is 2.29. The molecule has 118 valence electrons. The first kappa shape index (κ1) is 15.3. The molecule has 0 saturated carbocycles. The van der Waals surface area contributed by atoms with E-state index in [2.05, 4.69) is 15.5 Å². The number of benzene rings is 1. The average Bonchev–Trinajstić information content (AvgIpc) is 3.16. The van der Waals surface area contributed by atoms with Gasteiger partial charge in [-0.3, -0.25) is 4.79 Å². The number of carbonyl (C=O) groups excluding carboxylic acids is 1. The minimum absolute atomic E-state index is 0.183. The topological polar surface area (TPSA) is 81.2 Å². The van der Waals surface area contributed by atoms with E-state index in [9.17, 15) is 4.79 Å². The van der Waals surface area contributed by atoms with Gasteiger partial charge in [-0.2, -0.15) is 0 Å². The number of halogens is 1. The third kappa shape index (κ3) is 3.27. The van der Waals surface area contributed by atoms with Crippen LogP contribution in [0.1, 0.15) is 35.3 Å². The van der Waals surface area contributed by atoms with Crippen molar-refractivity contribution in [3.63, 3.8) is 0 Å². The van der Waals surface area contributed by atoms with Gasteiger partial charge in [-0.15, -0.1) is 10.2 Å². The Labute approximate surface area is 137 Å². The molecule has 6 nitrogen and oxygen atoms in total. The van der Waals surface area contributed by atoms with Crippen molar-refractivity contribution in [3.05, 3.63) is 59.0 Å². The maximum Gasteiger partial charge on any atom is 0.287 e. The molecule has 1 atom stereocenters. The van der Waals surface area contributed by atoms with Crippen molar-refractivity contribution in [2.45, 2.75) is 19.9 Å². The summed E-state index contributed by atoms with van der Waals surface area (Å²) in [5, 5.41) is 10.9. The second kappa shape index (κ2) is 6.26. The molecule has 1 aromatic carbocycles. The fourth-order valence-electron chi connectivity index (χ4n) is 2.08. The molecule has 3 rings (SSSR count).